The van der Waals surface area contributed by atoms with E-state index >= 15 is 0 Å². The van der Waals surface area contributed by atoms with Crippen LogP contribution in [0, 0.1) is 5.92 Å². The molecule has 8 nitrogen and oxygen atoms in total. The van der Waals surface area contributed by atoms with Crippen molar-refractivity contribution < 1.29 is 9.53 Å². The first-order chi connectivity index (χ1) is 11.4. The summed E-state index contributed by atoms with van der Waals surface area (Å²) in [4.78, 5) is 40.6. The molecule has 3 rings (SSSR count). The van der Waals surface area contributed by atoms with E-state index in [2.05, 4.69) is 11.9 Å². The van der Waals surface area contributed by atoms with Gasteiger partial charge in [0.2, 0.25) is 0 Å². The van der Waals surface area contributed by atoms with E-state index in [1.807, 2.05) is 0 Å². The molecule has 2 aromatic rings. The Hall–Kier alpha value is -2.38. The van der Waals surface area contributed by atoms with Crippen LogP contribution < -0.4 is 11.2 Å². The van der Waals surface area contributed by atoms with E-state index in [0.29, 0.717) is 5.92 Å². The molecule has 0 radical (unpaired) electrons. The summed E-state index contributed by atoms with van der Waals surface area (Å²) in [5, 5.41) is 0. The van der Waals surface area contributed by atoms with Gasteiger partial charge in [0.25, 0.3) is 5.56 Å². The van der Waals surface area contributed by atoms with Crippen LogP contribution in [0.2, 0.25) is 0 Å². The minimum Gasteiger partial charge on any atom is -0.461 e. The van der Waals surface area contributed by atoms with Gasteiger partial charge in [-0.2, -0.15) is 0 Å². The van der Waals surface area contributed by atoms with Gasteiger partial charge in [-0.25, -0.2) is 9.78 Å². The van der Waals surface area contributed by atoms with Crippen LogP contribution >= 0.6 is 0 Å². The van der Waals surface area contributed by atoms with E-state index in [4.69, 9.17) is 4.74 Å². The summed E-state index contributed by atoms with van der Waals surface area (Å²) in [5.74, 6) is 0.178. The molecule has 2 atom stereocenters. The summed E-state index contributed by atoms with van der Waals surface area (Å²) in [6.45, 7) is 2.07. The molecule has 2 heterocycles. The number of imidazole rings is 1. The normalized spacial score (nSPS) is 21.1. The third-order valence-electron chi connectivity index (χ3n) is 4.70. The lowest BCUT2D eigenvalue weighted by Crippen LogP contribution is -2.37. The molecule has 0 amide bonds. The van der Waals surface area contributed by atoms with Gasteiger partial charge in [0, 0.05) is 14.1 Å². The third kappa shape index (κ3) is 2.88. The highest BCUT2D eigenvalue weighted by molar-refractivity contribution is 5.75. The second kappa shape index (κ2) is 6.26. The number of fused-ring (bicyclic) bond motifs is 1. The summed E-state index contributed by atoms with van der Waals surface area (Å²) in [7, 11) is 2.95. The van der Waals surface area contributed by atoms with Gasteiger partial charge in [0.05, 0.1) is 6.33 Å². The highest BCUT2D eigenvalue weighted by Gasteiger charge is 2.23. The van der Waals surface area contributed by atoms with Crippen molar-refractivity contribution in [3.63, 3.8) is 0 Å². The lowest BCUT2D eigenvalue weighted by atomic mass is 9.89. The maximum atomic E-state index is 12.3. The molecule has 1 aliphatic rings. The van der Waals surface area contributed by atoms with Gasteiger partial charge in [-0.05, 0) is 25.2 Å². The molecule has 1 fully saturated rings. The molecule has 130 valence electrons. The highest BCUT2D eigenvalue weighted by atomic mass is 16.5. The zero-order valence-electron chi connectivity index (χ0n) is 14.2. The van der Waals surface area contributed by atoms with E-state index < -0.39 is 11.2 Å². The van der Waals surface area contributed by atoms with Gasteiger partial charge in [0.15, 0.2) is 11.2 Å². The predicted octanol–water partition coefficient (Wildman–Crippen LogP) is 0.556. The van der Waals surface area contributed by atoms with Crippen molar-refractivity contribution in [1.82, 2.24) is 18.7 Å². The van der Waals surface area contributed by atoms with Crippen molar-refractivity contribution in [2.45, 2.75) is 45.3 Å². The molecule has 0 aromatic carbocycles. The molecule has 1 aliphatic carbocycles. The number of carbonyl (C=O) groups is 1. The maximum Gasteiger partial charge on any atom is 0.332 e. The highest BCUT2D eigenvalue weighted by Crippen LogP contribution is 2.25. The first-order valence-electron chi connectivity index (χ1n) is 8.18. The Balaban J connectivity index is 1.84. The molecule has 8 heteroatoms. The SMILES string of the molecule is CC1CCCC(OC(=O)Cn2cnc3c2c(=O)n(C)c(=O)n3C)C1. The summed E-state index contributed by atoms with van der Waals surface area (Å²) in [6.07, 6.45) is 5.35. The molecular formula is C16H22N4O4. The summed E-state index contributed by atoms with van der Waals surface area (Å²) >= 11 is 0. The molecule has 0 aliphatic heterocycles. The topological polar surface area (TPSA) is 88.1 Å². The van der Waals surface area contributed by atoms with Gasteiger partial charge >= 0.3 is 11.7 Å². The Morgan fingerprint density at radius 1 is 1.29 bits per heavy atom. The number of hydrogen-bond donors (Lipinski definition) is 0. The minimum absolute atomic E-state index is 0.0526. The number of aryl methyl sites for hydroxylation is 1. The van der Waals surface area contributed by atoms with Crippen LogP contribution in [0.3, 0.4) is 0 Å². The number of aromatic nitrogens is 4. The Morgan fingerprint density at radius 2 is 2.04 bits per heavy atom. The van der Waals surface area contributed by atoms with Crippen molar-refractivity contribution in [3.8, 4) is 0 Å². The van der Waals surface area contributed by atoms with Crippen molar-refractivity contribution in [1.29, 1.82) is 0 Å². The van der Waals surface area contributed by atoms with E-state index in [0.717, 1.165) is 23.8 Å². The van der Waals surface area contributed by atoms with Crippen LogP contribution in [0.1, 0.15) is 32.6 Å². The summed E-state index contributed by atoms with van der Waals surface area (Å²) < 4.78 is 9.29. The van der Waals surface area contributed by atoms with Crippen LogP contribution in [0.4, 0.5) is 0 Å². The molecular weight excluding hydrogens is 312 g/mol. The Bertz CT molecular complexity index is 892. The van der Waals surface area contributed by atoms with E-state index in [1.54, 1.807) is 7.05 Å². The molecule has 2 aromatic heterocycles. The third-order valence-corrected chi connectivity index (χ3v) is 4.70. The van der Waals surface area contributed by atoms with E-state index in [1.165, 1.54) is 28.9 Å². The zero-order valence-corrected chi connectivity index (χ0v) is 14.2. The lowest BCUT2D eigenvalue weighted by molar-refractivity contribution is -0.151. The van der Waals surface area contributed by atoms with Crippen LogP contribution in [0.5, 0.6) is 0 Å². The maximum absolute atomic E-state index is 12.3. The average Bonchev–Trinajstić information content (AvgIpc) is 2.94. The Labute approximate surface area is 138 Å². The van der Waals surface area contributed by atoms with Crippen LogP contribution in [-0.2, 0) is 30.2 Å². The number of carbonyl (C=O) groups excluding carboxylic acids is 1. The fourth-order valence-corrected chi connectivity index (χ4v) is 3.36. The Kier molecular flexibility index (Phi) is 4.29. The fourth-order valence-electron chi connectivity index (χ4n) is 3.36. The van der Waals surface area contributed by atoms with Gasteiger partial charge in [-0.3, -0.25) is 18.7 Å². The van der Waals surface area contributed by atoms with Gasteiger partial charge in [-0.1, -0.05) is 13.3 Å². The molecule has 0 saturated heterocycles. The average molecular weight is 334 g/mol. The predicted molar refractivity (Wildman–Crippen MR) is 87.7 cm³/mol. The fraction of sp³-hybridized carbons (Fsp3) is 0.625. The molecule has 0 spiro atoms. The molecule has 0 N–H and O–H groups in total. The first-order valence-corrected chi connectivity index (χ1v) is 8.18. The number of rotatable bonds is 3. The van der Waals surface area contributed by atoms with E-state index in [-0.39, 0.29) is 29.8 Å². The molecule has 24 heavy (non-hydrogen) atoms. The number of esters is 1. The van der Waals surface area contributed by atoms with Crippen molar-refractivity contribution in [2.24, 2.45) is 20.0 Å². The summed E-state index contributed by atoms with van der Waals surface area (Å²) in [5.41, 5.74) is -0.419. The first kappa shape index (κ1) is 16.5. The van der Waals surface area contributed by atoms with Crippen LogP contribution in [-0.4, -0.2) is 30.8 Å². The molecule has 1 saturated carbocycles. The number of nitrogens with zero attached hydrogens (tertiary/aromatic N) is 4. The quantitative estimate of drug-likeness (QED) is 0.765. The molecule has 2 unspecified atom stereocenters. The number of ether oxygens (including phenoxy) is 1. The zero-order chi connectivity index (χ0) is 17.4. The van der Waals surface area contributed by atoms with Gasteiger partial charge in [0.1, 0.15) is 12.6 Å². The Morgan fingerprint density at radius 3 is 2.75 bits per heavy atom. The molecule has 0 bridgehead atoms. The second-order valence-electron chi connectivity index (χ2n) is 6.63. The van der Waals surface area contributed by atoms with E-state index in [9.17, 15) is 14.4 Å². The van der Waals surface area contributed by atoms with Crippen molar-refractivity contribution in [3.05, 3.63) is 27.2 Å². The minimum atomic E-state index is -0.468. The standard InChI is InChI=1S/C16H22N4O4/c1-10-5-4-6-11(7-10)24-12(21)8-20-9-17-14-13(20)15(22)19(3)16(23)18(14)2/h9-11H,4-8H2,1-3H3. The number of hydrogen-bond acceptors (Lipinski definition) is 5. The smallest absolute Gasteiger partial charge is 0.332 e. The van der Waals surface area contributed by atoms with Crippen LogP contribution in [0.15, 0.2) is 15.9 Å². The summed E-state index contributed by atoms with van der Waals surface area (Å²) in [6, 6.07) is 0. The van der Waals surface area contributed by atoms with Crippen molar-refractivity contribution in [2.75, 3.05) is 0 Å². The monoisotopic (exact) mass is 334 g/mol. The second-order valence-corrected chi connectivity index (χ2v) is 6.63. The van der Waals surface area contributed by atoms with Crippen LogP contribution in [0.25, 0.3) is 11.2 Å². The van der Waals surface area contributed by atoms with Gasteiger partial charge in [-0.15, -0.1) is 0 Å². The lowest BCUT2D eigenvalue weighted by Gasteiger charge is -2.26. The van der Waals surface area contributed by atoms with Crippen molar-refractivity contribution >= 4 is 17.1 Å². The largest absolute Gasteiger partial charge is 0.461 e. The van der Waals surface area contributed by atoms with Gasteiger partial charge < -0.3 is 9.30 Å².